The number of halogens is 1. The van der Waals surface area contributed by atoms with Crippen LogP contribution in [0.3, 0.4) is 0 Å². The van der Waals surface area contributed by atoms with Crippen molar-refractivity contribution < 1.29 is 9.32 Å². The van der Waals surface area contributed by atoms with Crippen LogP contribution in [0.1, 0.15) is 19.7 Å². The number of nitrogens with zero attached hydrogens (tertiary/aromatic N) is 3. The molecule has 0 aliphatic rings. The van der Waals surface area contributed by atoms with Crippen molar-refractivity contribution in [1.29, 1.82) is 0 Å². The van der Waals surface area contributed by atoms with Crippen LogP contribution in [0.4, 0.5) is 0 Å². The summed E-state index contributed by atoms with van der Waals surface area (Å²) in [6.07, 6.45) is 0. The number of benzene rings is 1. The molecule has 1 heterocycles. The van der Waals surface area contributed by atoms with E-state index in [0.717, 1.165) is 5.56 Å². The van der Waals surface area contributed by atoms with Crippen molar-refractivity contribution in [3.63, 3.8) is 0 Å². The SMILES string of the molecule is CC(C)N(Cc1nc(-c2ccccc2)no1)C(=O)CCl. The number of carbonyl (C=O) groups excluding carboxylic acids is 1. The largest absolute Gasteiger partial charge is 0.337 e. The highest BCUT2D eigenvalue weighted by Gasteiger charge is 2.19. The summed E-state index contributed by atoms with van der Waals surface area (Å²) in [7, 11) is 0. The fraction of sp³-hybridized carbons (Fsp3) is 0.357. The first kappa shape index (κ1) is 14.5. The van der Waals surface area contributed by atoms with Gasteiger partial charge < -0.3 is 9.42 Å². The zero-order valence-electron chi connectivity index (χ0n) is 11.4. The predicted octanol–water partition coefficient (Wildman–Crippen LogP) is 2.71. The van der Waals surface area contributed by atoms with E-state index in [1.54, 1.807) is 4.90 Å². The van der Waals surface area contributed by atoms with Crippen molar-refractivity contribution in [2.45, 2.75) is 26.4 Å². The second kappa shape index (κ2) is 6.52. The van der Waals surface area contributed by atoms with Crippen molar-refractivity contribution in [3.05, 3.63) is 36.2 Å². The van der Waals surface area contributed by atoms with Crippen LogP contribution in [0.25, 0.3) is 11.4 Å². The van der Waals surface area contributed by atoms with Gasteiger partial charge in [0.25, 0.3) is 0 Å². The van der Waals surface area contributed by atoms with Gasteiger partial charge in [0.15, 0.2) is 0 Å². The smallest absolute Gasteiger partial charge is 0.246 e. The topological polar surface area (TPSA) is 59.2 Å². The van der Waals surface area contributed by atoms with Crippen molar-refractivity contribution in [2.24, 2.45) is 0 Å². The van der Waals surface area contributed by atoms with Crippen molar-refractivity contribution in [3.8, 4) is 11.4 Å². The molecule has 2 rings (SSSR count). The molecule has 0 spiro atoms. The molecule has 20 heavy (non-hydrogen) atoms. The predicted molar refractivity (Wildman–Crippen MR) is 76.1 cm³/mol. The molecule has 106 valence electrons. The minimum atomic E-state index is -0.152. The Hall–Kier alpha value is -1.88. The molecule has 5 nitrogen and oxygen atoms in total. The summed E-state index contributed by atoms with van der Waals surface area (Å²) in [6, 6.07) is 9.56. The number of hydrogen-bond acceptors (Lipinski definition) is 4. The Bertz CT molecular complexity index is 569. The van der Waals surface area contributed by atoms with Gasteiger partial charge in [0.2, 0.25) is 17.6 Å². The van der Waals surface area contributed by atoms with Crippen LogP contribution in [0.5, 0.6) is 0 Å². The maximum absolute atomic E-state index is 11.7. The van der Waals surface area contributed by atoms with Gasteiger partial charge in [0.1, 0.15) is 12.4 Å². The molecule has 0 unspecified atom stereocenters. The Balaban J connectivity index is 2.15. The highest BCUT2D eigenvalue weighted by atomic mass is 35.5. The van der Waals surface area contributed by atoms with Gasteiger partial charge in [-0.15, -0.1) is 11.6 Å². The van der Waals surface area contributed by atoms with E-state index < -0.39 is 0 Å². The first-order valence-corrected chi connectivity index (χ1v) is 6.88. The maximum atomic E-state index is 11.7. The fourth-order valence-electron chi connectivity index (χ4n) is 1.80. The molecule has 0 aliphatic heterocycles. The first-order valence-electron chi connectivity index (χ1n) is 6.35. The van der Waals surface area contributed by atoms with Crippen LogP contribution < -0.4 is 0 Å². The van der Waals surface area contributed by atoms with E-state index in [0.29, 0.717) is 11.7 Å². The van der Waals surface area contributed by atoms with E-state index >= 15 is 0 Å². The third kappa shape index (κ3) is 3.36. The van der Waals surface area contributed by atoms with Gasteiger partial charge in [0, 0.05) is 11.6 Å². The van der Waals surface area contributed by atoms with Crippen LogP contribution in [0.2, 0.25) is 0 Å². The van der Waals surface area contributed by atoms with Crippen LogP contribution in [0.15, 0.2) is 34.9 Å². The summed E-state index contributed by atoms with van der Waals surface area (Å²) in [6.45, 7) is 4.10. The number of alkyl halides is 1. The van der Waals surface area contributed by atoms with E-state index in [-0.39, 0.29) is 24.4 Å². The molecule has 2 aromatic rings. The van der Waals surface area contributed by atoms with Gasteiger partial charge in [-0.05, 0) is 13.8 Å². The average Bonchev–Trinajstić information content (AvgIpc) is 2.93. The molecule has 0 aliphatic carbocycles. The van der Waals surface area contributed by atoms with Crippen LogP contribution in [-0.2, 0) is 11.3 Å². The van der Waals surface area contributed by atoms with Gasteiger partial charge in [-0.1, -0.05) is 35.5 Å². The Morgan fingerprint density at radius 1 is 1.35 bits per heavy atom. The summed E-state index contributed by atoms with van der Waals surface area (Å²) in [5, 5.41) is 3.93. The molecule has 0 atom stereocenters. The first-order chi connectivity index (χ1) is 9.61. The minimum absolute atomic E-state index is 0.0216. The Morgan fingerprint density at radius 3 is 2.65 bits per heavy atom. The standard InChI is InChI=1S/C14H16ClN3O2/c1-10(2)18(13(19)8-15)9-12-16-14(17-20-12)11-6-4-3-5-7-11/h3-7,10H,8-9H2,1-2H3. The average molecular weight is 294 g/mol. The summed E-state index contributed by atoms with van der Waals surface area (Å²) in [5.41, 5.74) is 0.877. The van der Waals surface area contributed by atoms with Gasteiger partial charge in [0.05, 0.1) is 0 Å². The number of amides is 1. The van der Waals surface area contributed by atoms with E-state index in [9.17, 15) is 4.79 Å². The molecule has 0 fully saturated rings. The molecule has 0 N–H and O–H groups in total. The lowest BCUT2D eigenvalue weighted by Gasteiger charge is -2.23. The maximum Gasteiger partial charge on any atom is 0.246 e. The normalized spacial score (nSPS) is 10.8. The molecule has 0 bridgehead atoms. The minimum Gasteiger partial charge on any atom is -0.337 e. The Kier molecular flexibility index (Phi) is 4.74. The van der Waals surface area contributed by atoms with Gasteiger partial charge >= 0.3 is 0 Å². The van der Waals surface area contributed by atoms with Gasteiger partial charge in [-0.25, -0.2) is 0 Å². The third-order valence-electron chi connectivity index (χ3n) is 2.86. The van der Waals surface area contributed by atoms with Crippen molar-refractivity contribution >= 4 is 17.5 Å². The number of carbonyl (C=O) groups is 1. The number of hydrogen-bond donors (Lipinski definition) is 0. The molecular formula is C14H16ClN3O2. The second-order valence-corrected chi connectivity index (χ2v) is 4.89. The fourth-order valence-corrected chi connectivity index (χ4v) is 1.96. The quantitative estimate of drug-likeness (QED) is 0.795. The highest BCUT2D eigenvalue weighted by Crippen LogP contribution is 2.16. The lowest BCUT2D eigenvalue weighted by atomic mass is 10.2. The molecule has 0 saturated heterocycles. The van der Waals surface area contributed by atoms with E-state index in [4.69, 9.17) is 16.1 Å². The molecule has 6 heteroatoms. The zero-order valence-corrected chi connectivity index (χ0v) is 12.2. The number of aromatic nitrogens is 2. The molecule has 1 aromatic heterocycles. The summed E-state index contributed by atoms with van der Waals surface area (Å²) >= 11 is 5.60. The highest BCUT2D eigenvalue weighted by molar-refractivity contribution is 6.27. The van der Waals surface area contributed by atoms with Crippen LogP contribution >= 0.6 is 11.6 Å². The lowest BCUT2D eigenvalue weighted by Crippen LogP contribution is -2.37. The third-order valence-corrected chi connectivity index (χ3v) is 3.09. The van der Waals surface area contributed by atoms with Crippen molar-refractivity contribution in [2.75, 3.05) is 5.88 Å². The van der Waals surface area contributed by atoms with Crippen LogP contribution in [-0.4, -0.2) is 32.9 Å². The summed E-state index contributed by atoms with van der Waals surface area (Å²) < 4.78 is 5.20. The van der Waals surface area contributed by atoms with E-state index in [1.807, 2.05) is 44.2 Å². The Morgan fingerprint density at radius 2 is 2.05 bits per heavy atom. The summed E-state index contributed by atoms with van der Waals surface area (Å²) in [4.78, 5) is 17.6. The van der Waals surface area contributed by atoms with Crippen molar-refractivity contribution in [1.82, 2.24) is 15.0 Å². The lowest BCUT2D eigenvalue weighted by molar-refractivity contribution is -0.131. The Labute approximate surface area is 122 Å². The number of rotatable bonds is 5. The summed E-state index contributed by atoms with van der Waals surface area (Å²) in [5.74, 6) is 0.706. The molecule has 1 amide bonds. The molecular weight excluding hydrogens is 278 g/mol. The van der Waals surface area contributed by atoms with E-state index in [2.05, 4.69) is 10.1 Å². The van der Waals surface area contributed by atoms with Gasteiger partial charge in [-0.2, -0.15) is 4.98 Å². The molecule has 1 aromatic carbocycles. The zero-order chi connectivity index (χ0) is 14.5. The molecule has 0 saturated carbocycles. The van der Waals surface area contributed by atoms with Gasteiger partial charge in [-0.3, -0.25) is 4.79 Å². The van der Waals surface area contributed by atoms with E-state index in [1.165, 1.54) is 0 Å². The monoisotopic (exact) mass is 293 g/mol. The second-order valence-electron chi connectivity index (χ2n) is 4.63. The van der Waals surface area contributed by atoms with Crippen LogP contribution in [0, 0.1) is 0 Å². The molecule has 0 radical (unpaired) electrons.